The lowest BCUT2D eigenvalue weighted by molar-refractivity contribution is 0.0505. The lowest BCUT2D eigenvalue weighted by Gasteiger charge is -2.42. The van der Waals surface area contributed by atoms with Crippen molar-refractivity contribution >= 4 is 5.78 Å². The van der Waals surface area contributed by atoms with E-state index in [1.807, 2.05) is 31.2 Å². The molecule has 0 spiro atoms. The number of hydrogen-bond donors (Lipinski definition) is 0. The Kier molecular flexibility index (Phi) is 4.41. The van der Waals surface area contributed by atoms with Gasteiger partial charge in [-0.15, -0.1) is 0 Å². The quantitative estimate of drug-likeness (QED) is 0.766. The SMILES string of the molecule is CCC(C)(C(=O)c1cccc(C)c1)N1CCCCC1. The summed E-state index contributed by atoms with van der Waals surface area (Å²) >= 11 is 0. The fraction of sp³-hybridized carbons (Fsp3) is 0.588. The summed E-state index contributed by atoms with van der Waals surface area (Å²) in [5.74, 6) is 0.278. The zero-order valence-electron chi connectivity index (χ0n) is 12.4. The first-order chi connectivity index (χ1) is 9.08. The average Bonchev–Trinajstić information content (AvgIpc) is 2.46. The van der Waals surface area contributed by atoms with Crippen LogP contribution in [0.15, 0.2) is 24.3 Å². The number of ketones is 1. The highest BCUT2D eigenvalue weighted by molar-refractivity contribution is 6.03. The Morgan fingerprint density at radius 1 is 1.26 bits per heavy atom. The monoisotopic (exact) mass is 259 g/mol. The molecule has 2 heteroatoms. The number of hydrogen-bond acceptors (Lipinski definition) is 2. The molecule has 104 valence electrons. The van der Waals surface area contributed by atoms with Crippen molar-refractivity contribution in [2.24, 2.45) is 0 Å². The van der Waals surface area contributed by atoms with Gasteiger partial charge in [0.25, 0.3) is 0 Å². The molecular weight excluding hydrogens is 234 g/mol. The minimum atomic E-state index is -0.339. The molecule has 1 saturated heterocycles. The number of carbonyl (C=O) groups excluding carboxylic acids is 1. The number of nitrogens with zero attached hydrogens (tertiary/aromatic N) is 1. The van der Waals surface area contributed by atoms with Gasteiger partial charge in [-0.3, -0.25) is 9.69 Å². The van der Waals surface area contributed by atoms with Crippen LogP contribution in [0.3, 0.4) is 0 Å². The van der Waals surface area contributed by atoms with Crippen molar-refractivity contribution in [1.82, 2.24) is 4.90 Å². The maximum atomic E-state index is 12.9. The number of piperidine rings is 1. The number of aryl methyl sites for hydroxylation is 1. The second-order valence-electron chi connectivity index (χ2n) is 5.87. The van der Waals surface area contributed by atoms with E-state index >= 15 is 0 Å². The molecule has 1 unspecified atom stereocenters. The minimum absolute atomic E-state index is 0.278. The molecule has 0 N–H and O–H groups in total. The van der Waals surface area contributed by atoms with Crippen LogP contribution in [0.25, 0.3) is 0 Å². The maximum Gasteiger partial charge on any atom is 0.182 e. The largest absolute Gasteiger partial charge is 0.292 e. The van der Waals surface area contributed by atoms with Crippen LogP contribution < -0.4 is 0 Å². The highest BCUT2D eigenvalue weighted by Crippen LogP contribution is 2.28. The van der Waals surface area contributed by atoms with Crippen molar-refractivity contribution in [3.05, 3.63) is 35.4 Å². The van der Waals surface area contributed by atoms with E-state index in [4.69, 9.17) is 0 Å². The van der Waals surface area contributed by atoms with Crippen molar-refractivity contribution in [1.29, 1.82) is 0 Å². The molecule has 0 amide bonds. The van der Waals surface area contributed by atoms with Crippen molar-refractivity contribution in [3.63, 3.8) is 0 Å². The molecule has 1 aromatic rings. The van der Waals surface area contributed by atoms with Crippen LogP contribution in [0.4, 0.5) is 0 Å². The summed E-state index contributed by atoms with van der Waals surface area (Å²) < 4.78 is 0. The maximum absolute atomic E-state index is 12.9. The molecular formula is C17H25NO. The first-order valence-corrected chi connectivity index (χ1v) is 7.44. The van der Waals surface area contributed by atoms with Crippen LogP contribution in [-0.4, -0.2) is 29.3 Å². The Balaban J connectivity index is 2.26. The zero-order valence-corrected chi connectivity index (χ0v) is 12.4. The lowest BCUT2D eigenvalue weighted by atomic mass is 9.85. The summed E-state index contributed by atoms with van der Waals surface area (Å²) in [5.41, 5.74) is 1.67. The Bertz CT molecular complexity index is 448. The molecule has 0 aromatic heterocycles. The van der Waals surface area contributed by atoms with Crippen molar-refractivity contribution in [3.8, 4) is 0 Å². The second-order valence-corrected chi connectivity index (χ2v) is 5.87. The van der Waals surface area contributed by atoms with Crippen LogP contribution >= 0.6 is 0 Å². The van der Waals surface area contributed by atoms with E-state index in [-0.39, 0.29) is 11.3 Å². The van der Waals surface area contributed by atoms with Gasteiger partial charge in [0.2, 0.25) is 0 Å². The highest BCUT2D eigenvalue weighted by Gasteiger charge is 2.38. The molecule has 0 aliphatic carbocycles. The van der Waals surface area contributed by atoms with Crippen LogP contribution in [-0.2, 0) is 0 Å². The van der Waals surface area contributed by atoms with Gasteiger partial charge in [0, 0.05) is 5.56 Å². The van der Waals surface area contributed by atoms with Crippen LogP contribution in [0.1, 0.15) is 55.5 Å². The standard InChI is InChI=1S/C17H25NO/c1-4-17(3,18-11-6-5-7-12-18)16(19)15-10-8-9-14(2)13-15/h8-10,13H,4-7,11-12H2,1-3H3. The van der Waals surface area contributed by atoms with Gasteiger partial charge in [-0.25, -0.2) is 0 Å². The Morgan fingerprint density at radius 2 is 1.95 bits per heavy atom. The molecule has 0 bridgehead atoms. The third-order valence-corrected chi connectivity index (χ3v) is 4.51. The summed E-state index contributed by atoms with van der Waals surface area (Å²) in [6.45, 7) is 8.40. The van der Waals surface area contributed by atoms with Gasteiger partial charge in [-0.2, -0.15) is 0 Å². The van der Waals surface area contributed by atoms with Crippen LogP contribution in [0.5, 0.6) is 0 Å². The van der Waals surface area contributed by atoms with Gasteiger partial charge in [0.15, 0.2) is 5.78 Å². The summed E-state index contributed by atoms with van der Waals surface area (Å²) in [7, 11) is 0. The van der Waals surface area contributed by atoms with Crippen LogP contribution in [0, 0.1) is 6.92 Å². The molecule has 0 saturated carbocycles. The fourth-order valence-corrected chi connectivity index (χ4v) is 3.01. The van der Waals surface area contributed by atoms with E-state index in [2.05, 4.69) is 18.7 Å². The molecule has 1 atom stereocenters. The predicted molar refractivity (Wildman–Crippen MR) is 79.6 cm³/mol. The first-order valence-electron chi connectivity index (χ1n) is 7.44. The molecule has 19 heavy (non-hydrogen) atoms. The molecule has 2 nitrogen and oxygen atoms in total. The fourth-order valence-electron chi connectivity index (χ4n) is 3.01. The van der Waals surface area contributed by atoms with Gasteiger partial charge in [-0.05, 0) is 52.3 Å². The normalized spacial score (nSPS) is 19.9. The number of benzene rings is 1. The number of Topliss-reactive ketones (excluding diaryl/α,β-unsaturated/α-hetero) is 1. The van der Waals surface area contributed by atoms with E-state index < -0.39 is 0 Å². The Morgan fingerprint density at radius 3 is 2.53 bits per heavy atom. The van der Waals surface area contributed by atoms with Gasteiger partial charge in [0.1, 0.15) is 0 Å². The van der Waals surface area contributed by atoms with Crippen molar-refractivity contribution in [2.45, 2.75) is 52.0 Å². The molecule has 0 radical (unpaired) electrons. The smallest absolute Gasteiger partial charge is 0.182 e. The van der Waals surface area contributed by atoms with Crippen molar-refractivity contribution < 1.29 is 4.79 Å². The topological polar surface area (TPSA) is 20.3 Å². The highest BCUT2D eigenvalue weighted by atomic mass is 16.1. The lowest BCUT2D eigenvalue weighted by Crippen LogP contribution is -2.53. The predicted octanol–water partition coefficient (Wildman–Crippen LogP) is 3.83. The van der Waals surface area contributed by atoms with Gasteiger partial charge < -0.3 is 0 Å². The van der Waals surface area contributed by atoms with E-state index in [0.29, 0.717) is 0 Å². The van der Waals surface area contributed by atoms with Crippen molar-refractivity contribution in [2.75, 3.05) is 13.1 Å². The van der Waals surface area contributed by atoms with E-state index in [9.17, 15) is 4.79 Å². The zero-order chi connectivity index (χ0) is 13.9. The van der Waals surface area contributed by atoms with E-state index in [1.165, 1.54) is 19.3 Å². The van der Waals surface area contributed by atoms with E-state index in [1.54, 1.807) is 0 Å². The summed E-state index contributed by atoms with van der Waals surface area (Å²) in [6, 6.07) is 7.99. The summed E-state index contributed by atoms with van der Waals surface area (Å²) in [4.78, 5) is 15.3. The molecule has 2 rings (SSSR count). The van der Waals surface area contributed by atoms with Gasteiger partial charge in [0.05, 0.1) is 5.54 Å². The molecule has 1 aliphatic heterocycles. The Labute approximate surface area is 116 Å². The molecule has 1 fully saturated rings. The summed E-state index contributed by atoms with van der Waals surface area (Å²) in [6.07, 6.45) is 4.61. The molecule has 1 aliphatic rings. The molecule has 1 aromatic carbocycles. The van der Waals surface area contributed by atoms with E-state index in [0.717, 1.165) is 30.6 Å². The third kappa shape index (κ3) is 2.89. The third-order valence-electron chi connectivity index (χ3n) is 4.51. The Hall–Kier alpha value is -1.15. The first kappa shape index (κ1) is 14.3. The van der Waals surface area contributed by atoms with Gasteiger partial charge >= 0.3 is 0 Å². The van der Waals surface area contributed by atoms with Crippen LogP contribution in [0.2, 0.25) is 0 Å². The number of likely N-dealkylation sites (tertiary alicyclic amines) is 1. The number of rotatable bonds is 4. The summed E-state index contributed by atoms with van der Waals surface area (Å²) in [5, 5.41) is 0. The van der Waals surface area contributed by atoms with Gasteiger partial charge in [-0.1, -0.05) is 37.1 Å². The number of carbonyl (C=O) groups is 1. The second kappa shape index (κ2) is 5.87. The minimum Gasteiger partial charge on any atom is -0.292 e. The average molecular weight is 259 g/mol. The molecule has 1 heterocycles.